The van der Waals surface area contributed by atoms with Crippen LogP contribution in [0.25, 0.3) is 6.08 Å². The fourth-order valence-corrected chi connectivity index (χ4v) is 3.15. The molecule has 0 radical (unpaired) electrons. The lowest BCUT2D eigenvalue weighted by atomic mass is 10.2. The Balaban J connectivity index is 1.34. The average Bonchev–Trinajstić information content (AvgIpc) is 2.71. The van der Waals surface area contributed by atoms with Crippen LogP contribution in [0.3, 0.4) is 0 Å². The molecule has 0 bridgehead atoms. The van der Waals surface area contributed by atoms with E-state index < -0.39 is 11.6 Å². The van der Waals surface area contributed by atoms with E-state index in [1.54, 1.807) is 0 Å². The van der Waals surface area contributed by atoms with Gasteiger partial charge < -0.3 is 10.2 Å². The van der Waals surface area contributed by atoms with Crippen molar-refractivity contribution in [1.29, 1.82) is 0 Å². The van der Waals surface area contributed by atoms with E-state index in [-0.39, 0.29) is 11.6 Å². The molecule has 6 heteroatoms. The first-order valence-corrected chi connectivity index (χ1v) is 9.51. The number of halogens is 2. The fourth-order valence-electron chi connectivity index (χ4n) is 3.15. The van der Waals surface area contributed by atoms with Gasteiger partial charge in [0, 0.05) is 57.4 Å². The summed E-state index contributed by atoms with van der Waals surface area (Å²) in [6.07, 6.45) is 4.64. The Morgan fingerprint density at radius 1 is 0.964 bits per heavy atom. The zero-order chi connectivity index (χ0) is 19.8. The molecule has 1 heterocycles. The predicted molar refractivity (Wildman–Crippen MR) is 108 cm³/mol. The van der Waals surface area contributed by atoms with Gasteiger partial charge in [0.05, 0.1) is 0 Å². The summed E-state index contributed by atoms with van der Waals surface area (Å²) in [5.41, 5.74) is 1.48. The molecule has 1 N–H and O–H groups in total. The number of nitrogens with one attached hydrogen (secondary N) is 1. The number of benzene rings is 2. The first kappa shape index (κ1) is 20.2. The molecule has 2 aromatic carbocycles. The molecule has 0 saturated carbocycles. The lowest BCUT2D eigenvalue weighted by Crippen LogP contribution is -2.46. The van der Waals surface area contributed by atoms with E-state index in [0.29, 0.717) is 13.0 Å². The summed E-state index contributed by atoms with van der Waals surface area (Å²) in [7, 11) is 0. The Morgan fingerprint density at radius 2 is 1.68 bits per heavy atom. The van der Waals surface area contributed by atoms with Crippen LogP contribution >= 0.6 is 0 Å². The highest BCUT2D eigenvalue weighted by Crippen LogP contribution is 2.13. The zero-order valence-electron chi connectivity index (χ0n) is 15.8. The van der Waals surface area contributed by atoms with Crippen molar-refractivity contribution in [2.24, 2.45) is 0 Å². The summed E-state index contributed by atoms with van der Waals surface area (Å²) in [6, 6.07) is 13.6. The van der Waals surface area contributed by atoms with Crippen molar-refractivity contribution in [1.82, 2.24) is 9.80 Å². The van der Waals surface area contributed by atoms with Gasteiger partial charge in [-0.15, -0.1) is 0 Å². The topological polar surface area (TPSA) is 35.6 Å². The molecule has 2 aromatic rings. The second-order valence-corrected chi connectivity index (χ2v) is 6.88. The number of hydrogen-bond acceptors (Lipinski definition) is 3. The Bertz CT molecular complexity index is 803. The molecule has 1 aliphatic rings. The van der Waals surface area contributed by atoms with Gasteiger partial charge in [-0.1, -0.05) is 42.5 Å². The highest BCUT2D eigenvalue weighted by molar-refractivity contribution is 5.90. The van der Waals surface area contributed by atoms with E-state index >= 15 is 0 Å². The van der Waals surface area contributed by atoms with Crippen LogP contribution in [0.1, 0.15) is 12.0 Å². The maximum atomic E-state index is 13.2. The molecule has 0 atom stereocenters. The van der Waals surface area contributed by atoms with Crippen molar-refractivity contribution in [3.05, 3.63) is 71.8 Å². The van der Waals surface area contributed by atoms with Gasteiger partial charge in [0.1, 0.15) is 0 Å². The van der Waals surface area contributed by atoms with Crippen LogP contribution in [-0.2, 0) is 4.79 Å². The second kappa shape index (κ2) is 10.1. The van der Waals surface area contributed by atoms with Crippen molar-refractivity contribution in [2.45, 2.75) is 6.42 Å². The lowest BCUT2D eigenvalue weighted by molar-refractivity contribution is -0.116. The monoisotopic (exact) mass is 385 g/mol. The number of carbonyl (C=O) groups is 1. The van der Waals surface area contributed by atoms with Gasteiger partial charge in [-0.05, 0) is 17.7 Å². The summed E-state index contributed by atoms with van der Waals surface area (Å²) in [5.74, 6) is -2.08. The van der Waals surface area contributed by atoms with Crippen molar-refractivity contribution < 1.29 is 13.6 Å². The number of nitrogens with zero attached hydrogens (tertiary/aromatic N) is 2. The standard InChI is InChI=1S/C22H25F2N3O/c23-20-9-8-19(17-21(20)24)25-22(28)10-12-27-15-13-26(14-16-27)11-4-7-18-5-2-1-3-6-18/h1-9,17H,10-16H2,(H,25,28). The number of rotatable bonds is 7. The second-order valence-electron chi connectivity index (χ2n) is 6.88. The van der Waals surface area contributed by atoms with Crippen LogP contribution in [0.2, 0.25) is 0 Å². The van der Waals surface area contributed by atoms with E-state index in [9.17, 15) is 13.6 Å². The maximum absolute atomic E-state index is 13.2. The van der Waals surface area contributed by atoms with Crippen LogP contribution in [0.5, 0.6) is 0 Å². The van der Waals surface area contributed by atoms with Gasteiger partial charge in [0.2, 0.25) is 5.91 Å². The lowest BCUT2D eigenvalue weighted by Gasteiger charge is -2.34. The summed E-state index contributed by atoms with van der Waals surface area (Å²) < 4.78 is 26.1. The molecule has 4 nitrogen and oxygen atoms in total. The smallest absolute Gasteiger partial charge is 0.225 e. The molecule has 0 aliphatic carbocycles. The summed E-state index contributed by atoms with van der Waals surface area (Å²) in [4.78, 5) is 16.7. The number of carbonyl (C=O) groups excluding carboxylic acids is 1. The quantitative estimate of drug-likeness (QED) is 0.791. The van der Waals surface area contributed by atoms with Crippen LogP contribution in [-0.4, -0.2) is 55.0 Å². The summed E-state index contributed by atoms with van der Waals surface area (Å²) in [5, 5.41) is 2.61. The molecule has 148 valence electrons. The van der Waals surface area contributed by atoms with Crippen molar-refractivity contribution in [3.63, 3.8) is 0 Å². The van der Waals surface area contributed by atoms with Gasteiger partial charge in [-0.3, -0.25) is 9.69 Å². The molecular formula is C22H25F2N3O. The molecule has 0 aromatic heterocycles. The SMILES string of the molecule is O=C(CCN1CCN(CC=Cc2ccccc2)CC1)Nc1ccc(F)c(F)c1. The molecular weight excluding hydrogens is 360 g/mol. The Labute approximate surface area is 164 Å². The maximum Gasteiger partial charge on any atom is 0.225 e. The van der Waals surface area contributed by atoms with Crippen LogP contribution in [0, 0.1) is 11.6 Å². The molecule has 1 fully saturated rings. The third kappa shape index (κ3) is 6.25. The summed E-state index contributed by atoms with van der Waals surface area (Å²) in [6.45, 7) is 5.33. The van der Waals surface area contributed by atoms with Gasteiger partial charge in [0.25, 0.3) is 0 Å². The average molecular weight is 385 g/mol. The molecule has 28 heavy (non-hydrogen) atoms. The highest BCUT2D eigenvalue weighted by Gasteiger charge is 2.16. The minimum absolute atomic E-state index is 0.195. The van der Waals surface area contributed by atoms with Crippen molar-refractivity contribution in [2.75, 3.05) is 44.6 Å². The van der Waals surface area contributed by atoms with Crippen molar-refractivity contribution >= 4 is 17.7 Å². The van der Waals surface area contributed by atoms with Crippen LogP contribution in [0.15, 0.2) is 54.6 Å². The minimum atomic E-state index is -0.963. The molecule has 1 aliphatic heterocycles. The molecule has 0 unspecified atom stereocenters. The highest BCUT2D eigenvalue weighted by atomic mass is 19.2. The third-order valence-electron chi connectivity index (χ3n) is 4.80. The van der Waals surface area contributed by atoms with Gasteiger partial charge in [-0.2, -0.15) is 0 Å². The van der Waals surface area contributed by atoms with Crippen LogP contribution in [0.4, 0.5) is 14.5 Å². The molecule has 1 amide bonds. The normalized spacial score (nSPS) is 15.8. The molecule has 1 saturated heterocycles. The van der Waals surface area contributed by atoms with E-state index in [2.05, 4.69) is 39.4 Å². The first-order valence-electron chi connectivity index (χ1n) is 9.51. The predicted octanol–water partition coefficient (Wildman–Crippen LogP) is 3.62. The number of amides is 1. The van der Waals surface area contributed by atoms with E-state index in [1.807, 2.05) is 18.2 Å². The first-order chi connectivity index (χ1) is 13.6. The number of anilines is 1. The Morgan fingerprint density at radius 3 is 2.39 bits per heavy atom. The minimum Gasteiger partial charge on any atom is -0.326 e. The van der Waals surface area contributed by atoms with Crippen LogP contribution < -0.4 is 5.32 Å². The van der Waals surface area contributed by atoms with E-state index in [1.165, 1.54) is 11.6 Å². The fraction of sp³-hybridized carbons (Fsp3) is 0.318. The number of hydrogen-bond donors (Lipinski definition) is 1. The largest absolute Gasteiger partial charge is 0.326 e. The third-order valence-corrected chi connectivity index (χ3v) is 4.80. The zero-order valence-corrected chi connectivity index (χ0v) is 15.8. The van der Waals surface area contributed by atoms with Gasteiger partial charge >= 0.3 is 0 Å². The van der Waals surface area contributed by atoms with E-state index in [0.717, 1.165) is 44.9 Å². The van der Waals surface area contributed by atoms with Gasteiger partial charge in [-0.25, -0.2) is 8.78 Å². The van der Waals surface area contributed by atoms with Gasteiger partial charge in [0.15, 0.2) is 11.6 Å². The number of piperazine rings is 1. The Kier molecular flexibility index (Phi) is 7.28. The molecule has 0 spiro atoms. The van der Waals surface area contributed by atoms with E-state index in [4.69, 9.17) is 0 Å². The van der Waals surface area contributed by atoms with Crippen molar-refractivity contribution in [3.8, 4) is 0 Å². The summed E-state index contributed by atoms with van der Waals surface area (Å²) >= 11 is 0. The molecule has 3 rings (SSSR count). The Hall–Kier alpha value is -2.57.